The first kappa shape index (κ1) is 83.0. The summed E-state index contributed by atoms with van der Waals surface area (Å²) in [5, 5.41) is 11.8. The number of likely N-dealkylation sites (N-methyl/N-ethyl adjacent to an activating group) is 1. The summed E-state index contributed by atoms with van der Waals surface area (Å²) in [4.78, 5) is 37.5. The van der Waals surface area contributed by atoms with Crippen LogP contribution in [0.5, 0.6) is 0 Å². The second kappa shape index (κ2) is 67.9. The van der Waals surface area contributed by atoms with Gasteiger partial charge in [-0.25, -0.2) is 0 Å². The number of carboxylic acids is 1. The van der Waals surface area contributed by atoms with E-state index in [0.29, 0.717) is 23.9 Å². The molecule has 87 heavy (non-hydrogen) atoms. The first-order chi connectivity index (χ1) is 42.6. The zero-order valence-corrected chi connectivity index (χ0v) is 57.1. The van der Waals surface area contributed by atoms with Crippen molar-refractivity contribution in [2.75, 3.05) is 47.5 Å². The van der Waals surface area contributed by atoms with Crippen molar-refractivity contribution >= 4 is 17.9 Å². The molecule has 0 aliphatic rings. The van der Waals surface area contributed by atoms with E-state index >= 15 is 0 Å². The number of hydrogen-bond acceptors (Lipinski definition) is 8. The van der Waals surface area contributed by atoms with E-state index in [1.165, 1.54) is 186 Å². The number of quaternary nitrogens is 1. The lowest BCUT2D eigenvalue weighted by atomic mass is 10.0. The molecule has 0 rings (SSSR count). The standard InChI is InChI=1S/C78H135NO8/c1-6-8-10-12-14-16-18-20-22-24-26-28-30-32-34-36-37-38-39-41-43-45-47-49-51-53-55-57-59-61-63-65-67-69-76(81)87-74(73-86-78(77(82)83)84-71-70-79(3,4)5)72-85-75(80)68-66-64-62-60-58-56-54-52-50-48-46-44-42-40-35-33-31-29-27-25-23-21-19-17-15-13-11-9-7-2/h8-11,14-17,20-23,26-29,32,34,74,78H,6-7,12-13,18-19,24-25,30-31,33,35-73H2,1-5H3/b10-8-,11-9-,16-14-,17-15-,22-20-,23-21-,28-26-,29-27-,34-32-. The van der Waals surface area contributed by atoms with Crippen LogP contribution in [0.2, 0.25) is 0 Å². The molecule has 9 nitrogen and oxygen atoms in total. The highest BCUT2D eigenvalue weighted by atomic mass is 16.7. The van der Waals surface area contributed by atoms with Crippen LogP contribution in [0.1, 0.15) is 309 Å². The molecule has 0 saturated heterocycles. The molecule has 0 fully saturated rings. The van der Waals surface area contributed by atoms with Gasteiger partial charge in [0.1, 0.15) is 13.2 Å². The summed E-state index contributed by atoms with van der Waals surface area (Å²) in [5.41, 5.74) is 0. The van der Waals surface area contributed by atoms with Gasteiger partial charge >= 0.3 is 11.9 Å². The summed E-state index contributed by atoms with van der Waals surface area (Å²) >= 11 is 0. The molecule has 0 aliphatic heterocycles. The minimum absolute atomic E-state index is 0.146. The molecule has 2 unspecified atom stereocenters. The summed E-state index contributed by atoms with van der Waals surface area (Å²) < 4.78 is 22.8. The molecule has 0 aromatic rings. The minimum atomic E-state index is -1.63. The van der Waals surface area contributed by atoms with Crippen molar-refractivity contribution in [1.29, 1.82) is 0 Å². The minimum Gasteiger partial charge on any atom is -0.545 e. The Labute approximate surface area is 536 Å². The highest BCUT2D eigenvalue weighted by Gasteiger charge is 2.22. The SMILES string of the molecule is CC/C=C\C/C=C\C/C=C\C/C=C\C/C=C\CCCCCCCCCCCCCCCCCCCC(=O)OC(COC(=O)CCCCCCCCCCCCCCCCCC/C=C\C/C=C\C/C=C\C/C=C\CC)COC(OCC[N+](C)(C)C)C(=O)[O-]. The molecule has 0 aromatic heterocycles. The average molecular weight is 1210 g/mol. The van der Waals surface area contributed by atoms with Crippen LogP contribution in [0.15, 0.2) is 109 Å². The van der Waals surface area contributed by atoms with Crippen LogP contribution in [0.3, 0.4) is 0 Å². The van der Waals surface area contributed by atoms with E-state index in [0.717, 1.165) is 89.9 Å². The fourth-order valence-corrected chi connectivity index (χ4v) is 10.1. The van der Waals surface area contributed by atoms with Crippen molar-refractivity contribution in [2.24, 2.45) is 0 Å². The summed E-state index contributed by atoms with van der Waals surface area (Å²) in [6, 6.07) is 0. The fourth-order valence-electron chi connectivity index (χ4n) is 10.1. The number of hydrogen-bond donors (Lipinski definition) is 0. The van der Waals surface area contributed by atoms with Gasteiger partial charge in [-0.1, -0.05) is 309 Å². The van der Waals surface area contributed by atoms with Crippen LogP contribution in [-0.2, 0) is 33.3 Å². The number of carbonyl (C=O) groups excluding carboxylic acids is 3. The van der Waals surface area contributed by atoms with Gasteiger partial charge in [0.25, 0.3) is 0 Å². The molecule has 0 bridgehead atoms. The monoisotopic (exact) mass is 1210 g/mol. The van der Waals surface area contributed by atoms with Gasteiger partial charge in [-0.05, 0) is 96.3 Å². The number of aliphatic carboxylic acids is 1. The maximum absolute atomic E-state index is 12.9. The maximum atomic E-state index is 12.9. The fraction of sp³-hybridized carbons (Fsp3) is 0.731. The molecular weight excluding hydrogens is 1080 g/mol. The number of carbonyl (C=O) groups is 3. The largest absolute Gasteiger partial charge is 0.545 e. The summed E-state index contributed by atoms with van der Waals surface area (Å²) in [5.74, 6) is -2.27. The Kier molecular flexibility index (Phi) is 64.7. The second-order valence-electron chi connectivity index (χ2n) is 25.1. The van der Waals surface area contributed by atoms with Gasteiger partial charge in [0.05, 0.1) is 40.3 Å². The number of allylic oxidation sites excluding steroid dienone is 18. The lowest BCUT2D eigenvalue weighted by Crippen LogP contribution is -2.44. The zero-order valence-electron chi connectivity index (χ0n) is 57.1. The van der Waals surface area contributed by atoms with Crippen LogP contribution in [-0.4, -0.2) is 82.3 Å². The van der Waals surface area contributed by atoms with Crippen molar-refractivity contribution in [3.63, 3.8) is 0 Å². The van der Waals surface area contributed by atoms with Gasteiger partial charge < -0.3 is 33.3 Å². The van der Waals surface area contributed by atoms with Crippen LogP contribution in [0.4, 0.5) is 0 Å². The molecule has 2 atom stereocenters. The second-order valence-corrected chi connectivity index (χ2v) is 25.1. The molecule has 0 radical (unpaired) electrons. The lowest BCUT2D eigenvalue weighted by Gasteiger charge is -2.26. The average Bonchev–Trinajstić information content (AvgIpc) is 3.59. The number of ether oxygens (including phenoxy) is 4. The number of unbranched alkanes of at least 4 members (excludes halogenated alkanes) is 33. The molecule has 0 saturated carbocycles. The van der Waals surface area contributed by atoms with Crippen LogP contribution in [0.25, 0.3) is 0 Å². The van der Waals surface area contributed by atoms with E-state index in [-0.39, 0.29) is 32.2 Å². The van der Waals surface area contributed by atoms with Crippen molar-refractivity contribution in [1.82, 2.24) is 0 Å². The van der Waals surface area contributed by atoms with Crippen molar-refractivity contribution in [2.45, 2.75) is 322 Å². The third kappa shape index (κ3) is 69.3. The number of rotatable bonds is 66. The number of nitrogens with zero attached hydrogens (tertiary/aromatic N) is 1. The molecule has 0 aliphatic carbocycles. The third-order valence-corrected chi connectivity index (χ3v) is 15.5. The van der Waals surface area contributed by atoms with Gasteiger partial charge in [-0.15, -0.1) is 0 Å². The predicted molar refractivity (Wildman–Crippen MR) is 370 cm³/mol. The lowest BCUT2D eigenvalue weighted by molar-refractivity contribution is -0.870. The van der Waals surface area contributed by atoms with E-state index in [1.807, 2.05) is 21.1 Å². The van der Waals surface area contributed by atoms with E-state index < -0.39 is 24.3 Å². The normalized spacial score (nSPS) is 13.3. The highest BCUT2D eigenvalue weighted by Crippen LogP contribution is 2.18. The maximum Gasteiger partial charge on any atom is 0.306 e. The summed E-state index contributed by atoms with van der Waals surface area (Å²) in [6.45, 7) is 4.55. The van der Waals surface area contributed by atoms with Gasteiger partial charge in [0, 0.05) is 12.8 Å². The summed E-state index contributed by atoms with van der Waals surface area (Å²) in [7, 11) is 5.94. The Hall–Kier alpha value is -4.05. The van der Waals surface area contributed by atoms with E-state index in [4.69, 9.17) is 18.9 Å². The van der Waals surface area contributed by atoms with Crippen molar-refractivity contribution in [3.8, 4) is 0 Å². The summed E-state index contributed by atoms with van der Waals surface area (Å²) in [6.07, 6.45) is 91.7. The number of carboxylic acid groups (broad SMARTS) is 1. The Balaban J connectivity index is 4.08. The molecule has 500 valence electrons. The van der Waals surface area contributed by atoms with Gasteiger partial charge in [0.15, 0.2) is 12.4 Å². The molecule has 9 heteroatoms. The van der Waals surface area contributed by atoms with Crippen LogP contribution >= 0.6 is 0 Å². The zero-order chi connectivity index (χ0) is 63.3. The van der Waals surface area contributed by atoms with Crippen LogP contribution < -0.4 is 5.11 Å². The van der Waals surface area contributed by atoms with Crippen molar-refractivity contribution < 1.29 is 42.9 Å². The van der Waals surface area contributed by atoms with Gasteiger partial charge in [-0.2, -0.15) is 0 Å². The molecule has 0 spiro atoms. The molecular formula is C78H135NO8. The van der Waals surface area contributed by atoms with E-state index in [1.54, 1.807) is 0 Å². The molecule has 0 aromatic carbocycles. The highest BCUT2D eigenvalue weighted by molar-refractivity contribution is 5.70. The smallest absolute Gasteiger partial charge is 0.306 e. The first-order valence-corrected chi connectivity index (χ1v) is 36.0. The first-order valence-electron chi connectivity index (χ1n) is 36.0. The Bertz CT molecular complexity index is 1800. The van der Waals surface area contributed by atoms with Gasteiger partial charge in [-0.3, -0.25) is 9.59 Å². The van der Waals surface area contributed by atoms with E-state index in [9.17, 15) is 19.5 Å². The Morgan fingerprint density at radius 3 is 0.920 bits per heavy atom. The molecule has 0 heterocycles. The van der Waals surface area contributed by atoms with Crippen LogP contribution in [0, 0.1) is 0 Å². The Morgan fingerprint density at radius 2 is 0.621 bits per heavy atom. The van der Waals surface area contributed by atoms with E-state index in [2.05, 4.69) is 123 Å². The quantitative estimate of drug-likeness (QED) is 0.0195. The molecule has 0 amide bonds. The molecule has 0 N–H and O–H groups in total. The predicted octanol–water partition coefficient (Wildman–Crippen LogP) is 21.2. The topological polar surface area (TPSA) is 111 Å². The Morgan fingerprint density at radius 1 is 0.345 bits per heavy atom. The van der Waals surface area contributed by atoms with Crippen molar-refractivity contribution in [3.05, 3.63) is 109 Å². The van der Waals surface area contributed by atoms with Gasteiger partial charge in [0.2, 0.25) is 0 Å². The third-order valence-electron chi connectivity index (χ3n) is 15.5. The number of esters is 2.